The van der Waals surface area contributed by atoms with E-state index in [0.29, 0.717) is 21.5 Å². The number of piperidine rings is 1. The maximum Gasteiger partial charge on any atom is 0.325 e. The number of nitrogens with one attached hydrogen (secondary N) is 2. The Labute approximate surface area is 148 Å². The van der Waals surface area contributed by atoms with E-state index in [2.05, 4.69) is 15.6 Å². The number of hydrogen-bond donors (Lipinski definition) is 2. The van der Waals surface area contributed by atoms with Crippen LogP contribution in [0.15, 0.2) is 29.6 Å². The van der Waals surface area contributed by atoms with Gasteiger partial charge in [0.2, 0.25) is 0 Å². The van der Waals surface area contributed by atoms with E-state index in [1.54, 1.807) is 29.6 Å². The molecule has 1 saturated heterocycles. The van der Waals surface area contributed by atoms with E-state index in [9.17, 15) is 9.59 Å². The van der Waals surface area contributed by atoms with Crippen molar-refractivity contribution in [1.82, 2.24) is 9.88 Å². The monoisotopic (exact) mass is 364 g/mol. The predicted octanol–water partition coefficient (Wildman–Crippen LogP) is 4.07. The highest BCUT2D eigenvalue weighted by Crippen LogP contribution is 2.20. The van der Waals surface area contributed by atoms with Crippen LogP contribution in [-0.4, -0.2) is 34.9 Å². The van der Waals surface area contributed by atoms with Gasteiger partial charge in [-0.1, -0.05) is 17.7 Å². The molecule has 0 unspecified atom stereocenters. The van der Waals surface area contributed by atoms with Gasteiger partial charge in [-0.25, -0.2) is 9.78 Å². The standard InChI is InChI=1S/C16H17ClN4O2S/c17-11-5-4-6-12(9-11)18-15(23)20-16-19-13(10-24-16)14(22)21-7-2-1-3-8-21/h4-6,9-10H,1-3,7-8H2,(H2,18,19,20,23). The van der Waals surface area contributed by atoms with Crippen molar-refractivity contribution in [2.75, 3.05) is 23.7 Å². The Morgan fingerprint density at radius 1 is 1.17 bits per heavy atom. The Bertz CT molecular complexity index is 743. The van der Waals surface area contributed by atoms with Gasteiger partial charge in [0.15, 0.2) is 5.13 Å². The number of aromatic nitrogens is 1. The van der Waals surface area contributed by atoms with Crippen molar-refractivity contribution < 1.29 is 9.59 Å². The van der Waals surface area contributed by atoms with Crippen LogP contribution in [0, 0.1) is 0 Å². The number of likely N-dealkylation sites (tertiary alicyclic amines) is 1. The molecule has 3 amide bonds. The lowest BCUT2D eigenvalue weighted by Crippen LogP contribution is -2.35. The molecule has 8 heteroatoms. The van der Waals surface area contributed by atoms with Gasteiger partial charge in [-0.2, -0.15) is 0 Å². The molecule has 1 aromatic heterocycles. The van der Waals surface area contributed by atoms with Gasteiger partial charge >= 0.3 is 6.03 Å². The molecule has 1 aliphatic rings. The third-order valence-corrected chi connectivity index (χ3v) is 4.66. The maximum absolute atomic E-state index is 12.4. The van der Waals surface area contributed by atoms with Gasteiger partial charge in [0.05, 0.1) is 0 Å². The second-order valence-electron chi connectivity index (χ2n) is 5.48. The topological polar surface area (TPSA) is 74.3 Å². The number of urea groups is 1. The Morgan fingerprint density at radius 2 is 1.96 bits per heavy atom. The van der Waals surface area contributed by atoms with Crippen LogP contribution < -0.4 is 10.6 Å². The van der Waals surface area contributed by atoms with Gasteiger partial charge in [0, 0.05) is 29.2 Å². The highest BCUT2D eigenvalue weighted by molar-refractivity contribution is 7.14. The molecule has 3 rings (SSSR count). The third kappa shape index (κ3) is 4.24. The maximum atomic E-state index is 12.4. The highest BCUT2D eigenvalue weighted by Gasteiger charge is 2.20. The second kappa shape index (κ2) is 7.63. The summed E-state index contributed by atoms with van der Waals surface area (Å²) in [7, 11) is 0. The molecule has 2 heterocycles. The van der Waals surface area contributed by atoms with Gasteiger partial charge in [0.25, 0.3) is 5.91 Å². The number of rotatable bonds is 3. The summed E-state index contributed by atoms with van der Waals surface area (Å²) >= 11 is 7.10. The molecule has 0 atom stereocenters. The Balaban J connectivity index is 1.59. The molecule has 126 valence electrons. The normalized spacial score (nSPS) is 14.3. The molecule has 24 heavy (non-hydrogen) atoms. The van der Waals surface area contributed by atoms with Gasteiger partial charge in [-0.3, -0.25) is 10.1 Å². The average molecular weight is 365 g/mol. The molecule has 0 bridgehead atoms. The summed E-state index contributed by atoms with van der Waals surface area (Å²) in [5.41, 5.74) is 0.959. The molecular weight excluding hydrogens is 348 g/mol. The van der Waals surface area contributed by atoms with Crippen LogP contribution in [0.3, 0.4) is 0 Å². The van der Waals surface area contributed by atoms with Gasteiger partial charge < -0.3 is 10.2 Å². The van der Waals surface area contributed by atoms with Crippen molar-refractivity contribution in [3.8, 4) is 0 Å². The lowest BCUT2D eigenvalue weighted by molar-refractivity contribution is 0.0719. The van der Waals surface area contributed by atoms with Crippen molar-refractivity contribution in [2.24, 2.45) is 0 Å². The van der Waals surface area contributed by atoms with Crippen LogP contribution in [-0.2, 0) is 0 Å². The molecule has 1 aromatic carbocycles. The molecule has 2 aromatic rings. The SMILES string of the molecule is O=C(Nc1cccc(Cl)c1)Nc1nc(C(=O)N2CCCCC2)cs1. The van der Waals surface area contributed by atoms with Crippen molar-refractivity contribution in [3.63, 3.8) is 0 Å². The number of nitrogens with zero attached hydrogens (tertiary/aromatic N) is 2. The molecule has 1 fully saturated rings. The summed E-state index contributed by atoms with van der Waals surface area (Å²) in [4.78, 5) is 30.4. The Morgan fingerprint density at radius 3 is 2.71 bits per heavy atom. The largest absolute Gasteiger partial charge is 0.337 e. The summed E-state index contributed by atoms with van der Waals surface area (Å²) in [6, 6.07) is 6.43. The zero-order valence-corrected chi connectivity index (χ0v) is 14.5. The van der Waals surface area contributed by atoms with Crippen molar-refractivity contribution in [2.45, 2.75) is 19.3 Å². The van der Waals surface area contributed by atoms with Crippen LogP contribution in [0.25, 0.3) is 0 Å². The number of amides is 3. The molecule has 0 saturated carbocycles. The minimum absolute atomic E-state index is 0.0748. The molecule has 0 aliphatic carbocycles. The number of carbonyl (C=O) groups excluding carboxylic acids is 2. The van der Waals surface area contributed by atoms with Gasteiger partial charge in [-0.05, 0) is 37.5 Å². The van der Waals surface area contributed by atoms with Crippen LogP contribution >= 0.6 is 22.9 Å². The second-order valence-corrected chi connectivity index (χ2v) is 6.77. The zero-order valence-electron chi connectivity index (χ0n) is 12.9. The van der Waals surface area contributed by atoms with E-state index in [1.807, 2.05) is 4.90 Å². The Hall–Kier alpha value is -2.12. The van der Waals surface area contributed by atoms with E-state index in [-0.39, 0.29) is 5.91 Å². The Kier molecular flexibility index (Phi) is 5.32. The minimum atomic E-state index is -0.427. The number of thiazole rings is 1. The fraction of sp³-hybridized carbons (Fsp3) is 0.312. The highest BCUT2D eigenvalue weighted by atomic mass is 35.5. The van der Waals surface area contributed by atoms with E-state index < -0.39 is 6.03 Å². The van der Waals surface area contributed by atoms with E-state index >= 15 is 0 Å². The smallest absolute Gasteiger partial charge is 0.325 e. The van der Waals surface area contributed by atoms with Crippen LogP contribution in [0.4, 0.5) is 15.6 Å². The van der Waals surface area contributed by atoms with Crippen molar-refractivity contribution in [3.05, 3.63) is 40.4 Å². The van der Waals surface area contributed by atoms with Crippen molar-refractivity contribution >= 4 is 45.7 Å². The van der Waals surface area contributed by atoms with Gasteiger partial charge in [0.1, 0.15) is 5.69 Å². The first kappa shape index (κ1) is 16.7. The van der Waals surface area contributed by atoms with E-state index in [4.69, 9.17) is 11.6 Å². The number of halogens is 1. The zero-order chi connectivity index (χ0) is 16.9. The quantitative estimate of drug-likeness (QED) is 0.862. The van der Waals surface area contributed by atoms with E-state index in [0.717, 1.165) is 32.4 Å². The van der Waals surface area contributed by atoms with Crippen LogP contribution in [0.2, 0.25) is 5.02 Å². The first-order valence-electron chi connectivity index (χ1n) is 7.70. The summed E-state index contributed by atoms with van der Waals surface area (Å²) in [5.74, 6) is -0.0748. The fourth-order valence-corrected chi connectivity index (χ4v) is 3.38. The molecule has 2 N–H and O–H groups in total. The fourth-order valence-electron chi connectivity index (χ4n) is 2.51. The van der Waals surface area contributed by atoms with Crippen LogP contribution in [0.5, 0.6) is 0 Å². The molecule has 6 nitrogen and oxygen atoms in total. The minimum Gasteiger partial charge on any atom is -0.337 e. The van der Waals surface area contributed by atoms with Crippen molar-refractivity contribution in [1.29, 1.82) is 0 Å². The first-order valence-corrected chi connectivity index (χ1v) is 8.96. The molecule has 0 spiro atoms. The van der Waals surface area contributed by atoms with Gasteiger partial charge in [-0.15, -0.1) is 11.3 Å². The number of anilines is 2. The first-order chi connectivity index (χ1) is 11.6. The average Bonchev–Trinajstić information content (AvgIpc) is 3.03. The molecular formula is C16H17ClN4O2S. The summed E-state index contributed by atoms with van der Waals surface area (Å²) < 4.78 is 0. The van der Waals surface area contributed by atoms with E-state index in [1.165, 1.54) is 11.3 Å². The molecule has 1 aliphatic heterocycles. The predicted molar refractivity (Wildman–Crippen MR) is 96.0 cm³/mol. The number of hydrogen-bond acceptors (Lipinski definition) is 4. The summed E-state index contributed by atoms with van der Waals surface area (Å²) in [5, 5.41) is 7.90. The number of benzene rings is 1. The lowest BCUT2D eigenvalue weighted by atomic mass is 10.1. The van der Waals surface area contributed by atoms with Crippen LogP contribution in [0.1, 0.15) is 29.8 Å². The third-order valence-electron chi connectivity index (χ3n) is 3.67. The molecule has 0 radical (unpaired) electrons. The number of carbonyl (C=O) groups is 2. The lowest BCUT2D eigenvalue weighted by Gasteiger charge is -2.25. The summed E-state index contributed by atoms with van der Waals surface area (Å²) in [6.07, 6.45) is 3.23. The summed E-state index contributed by atoms with van der Waals surface area (Å²) in [6.45, 7) is 1.54.